The van der Waals surface area contributed by atoms with Gasteiger partial charge >= 0.3 is 11.9 Å². The smallest absolute Gasteiger partial charge is 0.343 e. The van der Waals surface area contributed by atoms with Crippen molar-refractivity contribution >= 4 is 34.3 Å². The van der Waals surface area contributed by atoms with Crippen LogP contribution in [0.1, 0.15) is 70.3 Å². The van der Waals surface area contributed by atoms with Gasteiger partial charge in [0.25, 0.3) is 0 Å². The average Bonchev–Trinajstić information content (AvgIpc) is 2.82. The van der Waals surface area contributed by atoms with Crippen LogP contribution in [0.4, 0.5) is 0 Å². The zero-order valence-corrected chi connectivity index (χ0v) is 22.4. The Morgan fingerprint density at radius 3 is 2.00 bits per heavy atom. The Balaban J connectivity index is 2.33. The van der Waals surface area contributed by atoms with Gasteiger partial charge in [-0.3, -0.25) is 4.79 Å². The molecule has 0 unspecified atom stereocenters. The molecule has 3 aromatic rings. The second kappa shape index (κ2) is 12.1. The van der Waals surface area contributed by atoms with E-state index in [-0.39, 0.29) is 41.6 Å². The average molecular weight is 513 g/mol. The van der Waals surface area contributed by atoms with Crippen molar-refractivity contribution in [2.75, 3.05) is 0 Å². The van der Waals surface area contributed by atoms with Gasteiger partial charge in [0.05, 0.1) is 17.8 Å². The second-order valence-electron chi connectivity index (χ2n) is 8.96. The van der Waals surface area contributed by atoms with Gasteiger partial charge in [-0.15, -0.1) is 0 Å². The standard InChI is InChI=1S/C29H33ClO6/c1-7-11-24(31)35-25-22-15-14-20(30)16-23(22)26(28(34-18(5)6)27(25)33-17(3)4)36-29(32)21-13-10-9-12-19(21)8-2/h9-10,12-18H,7-8,11H2,1-6H3. The highest BCUT2D eigenvalue weighted by Crippen LogP contribution is 2.53. The highest BCUT2D eigenvalue weighted by atomic mass is 35.5. The minimum absolute atomic E-state index is 0.156. The SMILES string of the molecule is CCCC(=O)Oc1c(OC(C)C)c(OC(C)C)c(OC(=O)c2ccccc2CC)c2cc(Cl)ccc12. The summed E-state index contributed by atoms with van der Waals surface area (Å²) in [6.07, 6.45) is 0.959. The molecule has 0 aliphatic rings. The Hall–Kier alpha value is -3.25. The van der Waals surface area contributed by atoms with Crippen molar-refractivity contribution in [3.63, 3.8) is 0 Å². The lowest BCUT2D eigenvalue weighted by molar-refractivity contribution is -0.134. The van der Waals surface area contributed by atoms with E-state index in [4.69, 9.17) is 30.5 Å². The maximum absolute atomic E-state index is 13.4. The molecule has 3 aromatic carbocycles. The van der Waals surface area contributed by atoms with Crippen LogP contribution in [-0.4, -0.2) is 24.1 Å². The van der Waals surface area contributed by atoms with Crippen LogP contribution in [0.25, 0.3) is 10.8 Å². The first kappa shape index (κ1) is 27.3. The van der Waals surface area contributed by atoms with Crippen molar-refractivity contribution in [2.45, 2.75) is 73.0 Å². The summed E-state index contributed by atoms with van der Waals surface area (Å²) in [5, 5.41) is 1.41. The Kier molecular flexibility index (Phi) is 9.21. The number of carbonyl (C=O) groups excluding carboxylic acids is 2. The number of halogens is 1. The predicted molar refractivity (Wildman–Crippen MR) is 142 cm³/mol. The third kappa shape index (κ3) is 6.30. The van der Waals surface area contributed by atoms with Gasteiger partial charge < -0.3 is 18.9 Å². The van der Waals surface area contributed by atoms with E-state index in [1.165, 1.54) is 0 Å². The molecule has 0 spiro atoms. The molecule has 0 radical (unpaired) electrons. The molecule has 36 heavy (non-hydrogen) atoms. The van der Waals surface area contributed by atoms with Gasteiger partial charge in [0.2, 0.25) is 11.5 Å². The van der Waals surface area contributed by atoms with E-state index in [0.717, 1.165) is 5.56 Å². The lowest BCUT2D eigenvalue weighted by atomic mass is 10.0. The van der Waals surface area contributed by atoms with E-state index >= 15 is 0 Å². The quantitative estimate of drug-likeness (QED) is 0.206. The van der Waals surface area contributed by atoms with Gasteiger partial charge in [-0.2, -0.15) is 0 Å². The van der Waals surface area contributed by atoms with Crippen LogP contribution >= 0.6 is 11.6 Å². The number of hydrogen-bond acceptors (Lipinski definition) is 6. The molecule has 0 aliphatic heterocycles. The van der Waals surface area contributed by atoms with Crippen molar-refractivity contribution in [3.8, 4) is 23.0 Å². The number of esters is 2. The first-order chi connectivity index (χ1) is 17.2. The minimum Gasteiger partial charge on any atom is -0.484 e. The summed E-state index contributed by atoms with van der Waals surface area (Å²) in [5.74, 6) is -0.200. The van der Waals surface area contributed by atoms with Crippen LogP contribution in [0.5, 0.6) is 23.0 Å². The highest BCUT2D eigenvalue weighted by Gasteiger charge is 2.29. The van der Waals surface area contributed by atoms with Gasteiger partial charge in [0, 0.05) is 22.2 Å². The molecular formula is C29H33ClO6. The van der Waals surface area contributed by atoms with Gasteiger partial charge in [-0.1, -0.05) is 43.6 Å². The largest absolute Gasteiger partial charge is 0.484 e. The maximum atomic E-state index is 13.4. The molecule has 0 atom stereocenters. The number of carbonyl (C=O) groups is 2. The van der Waals surface area contributed by atoms with E-state index in [1.807, 2.05) is 53.7 Å². The fourth-order valence-corrected chi connectivity index (χ4v) is 3.96. The first-order valence-electron chi connectivity index (χ1n) is 12.3. The van der Waals surface area contributed by atoms with Crippen LogP contribution in [0, 0.1) is 0 Å². The van der Waals surface area contributed by atoms with Crippen LogP contribution in [-0.2, 0) is 11.2 Å². The Morgan fingerprint density at radius 1 is 0.806 bits per heavy atom. The number of fused-ring (bicyclic) bond motifs is 1. The lowest BCUT2D eigenvalue weighted by Crippen LogP contribution is -2.17. The van der Waals surface area contributed by atoms with Crippen LogP contribution in [0.2, 0.25) is 5.02 Å². The number of benzene rings is 3. The van der Waals surface area contributed by atoms with Crippen LogP contribution in [0.15, 0.2) is 42.5 Å². The molecule has 0 saturated carbocycles. The van der Waals surface area contributed by atoms with Crippen molar-refractivity contribution < 1.29 is 28.5 Å². The summed E-state index contributed by atoms with van der Waals surface area (Å²) in [5.41, 5.74) is 1.32. The summed E-state index contributed by atoms with van der Waals surface area (Å²) in [7, 11) is 0. The highest BCUT2D eigenvalue weighted by molar-refractivity contribution is 6.31. The summed E-state index contributed by atoms with van der Waals surface area (Å²) in [6, 6.07) is 12.4. The zero-order valence-electron chi connectivity index (χ0n) is 21.6. The van der Waals surface area contributed by atoms with Crippen LogP contribution < -0.4 is 18.9 Å². The number of hydrogen-bond donors (Lipinski definition) is 0. The Bertz CT molecular complexity index is 1250. The molecule has 192 valence electrons. The topological polar surface area (TPSA) is 71.1 Å². The zero-order chi connectivity index (χ0) is 26.4. The third-order valence-electron chi connectivity index (χ3n) is 5.28. The third-order valence-corrected chi connectivity index (χ3v) is 5.51. The van der Waals surface area contributed by atoms with Crippen molar-refractivity contribution in [2.24, 2.45) is 0 Å². The van der Waals surface area contributed by atoms with Crippen molar-refractivity contribution in [1.29, 1.82) is 0 Å². The Labute approximate surface area is 217 Å². The molecule has 0 fully saturated rings. The van der Waals surface area contributed by atoms with Gasteiger partial charge in [-0.05, 0) is 70.4 Å². The lowest BCUT2D eigenvalue weighted by Gasteiger charge is -2.24. The molecular weight excluding hydrogens is 480 g/mol. The predicted octanol–water partition coefficient (Wildman–Crippen LogP) is 7.55. The number of rotatable bonds is 10. The second-order valence-corrected chi connectivity index (χ2v) is 9.40. The van der Waals surface area contributed by atoms with Crippen LogP contribution in [0.3, 0.4) is 0 Å². The molecule has 3 rings (SSSR count). The molecule has 7 heteroatoms. The monoisotopic (exact) mass is 512 g/mol. The summed E-state index contributed by atoms with van der Waals surface area (Å²) >= 11 is 6.36. The van der Waals surface area contributed by atoms with E-state index in [1.54, 1.807) is 30.3 Å². The van der Waals surface area contributed by atoms with Crippen molar-refractivity contribution in [3.05, 3.63) is 58.6 Å². The normalized spacial score (nSPS) is 11.1. The summed E-state index contributed by atoms with van der Waals surface area (Å²) in [4.78, 5) is 26.0. The molecule has 0 heterocycles. The minimum atomic E-state index is -0.534. The van der Waals surface area contributed by atoms with E-state index in [0.29, 0.717) is 34.2 Å². The van der Waals surface area contributed by atoms with Gasteiger partial charge in [0.15, 0.2) is 11.5 Å². The molecule has 0 bridgehead atoms. The van der Waals surface area contributed by atoms with Gasteiger partial charge in [-0.25, -0.2) is 4.79 Å². The van der Waals surface area contributed by atoms with E-state index < -0.39 is 11.9 Å². The van der Waals surface area contributed by atoms with E-state index in [2.05, 4.69) is 0 Å². The molecule has 0 aliphatic carbocycles. The summed E-state index contributed by atoms with van der Waals surface area (Å²) < 4.78 is 24.2. The van der Waals surface area contributed by atoms with E-state index in [9.17, 15) is 9.59 Å². The maximum Gasteiger partial charge on any atom is 0.343 e. The van der Waals surface area contributed by atoms with Crippen molar-refractivity contribution in [1.82, 2.24) is 0 Å². The molecule has 0 saturated heterocycles. The van der Waals surface area contributed by atoms with Gasteiger partial charge in [0.1, 0.15) is 0 Å². The molecule has 6 nitrogen and oxygen atoms in total. The number of ether oxygens (including phenoxy) is 4. The first-order valence-corrected chi connectivity index (χ1v) is 12.7. The fraction of sp³-hybridized carbons (Fsp3) is 0.379. The molecule has 0 aromatic heterocycles. The number of aryl methyl sites for hydroxylation is 1. The fourth-order valence-electron chi connectivity index (χ4n) is 3.79. The molecule has 0 amide bonds. The summed E-state index contributed by atoms with van der Waals surface area (Å²) in [6.45, 7) is 11.3. The molecule has 0 N–H and O–H groups in total. The Morgan fingerprint density at radius 2 is 1.42 bits per heavy atom.